The molecule has 0 fully saturated rings. The van der Waals surface area contributed by atoms with E-state index in [0.717, 1.165) is 0 Å². The van der Waals surface area contributed by atoms with Crippen LogP contribution in [-0.2, 0) is 0 Å². The quantitative estimate of drug-likeness (QED) is 0.848. The van der Waals surface area contributed by atoms with E-state index in [1.807, 2.05) is 0 Å². The van der Waals surface area contributed by atoms with Crippen LogP contribution in [0.15, 0.2) is 30.3 Å². The fraction of sp³-hybridized carbons (Fsp3) is 0.214. The predicted molar refractivity (Wildman–Crippen MR) is 82.5 cm³/mol. The molecule has 0 aliphatic heterocycles. The number of methoxy groups -OCH3 is 2. The summed E-state index contributed by atoms with van der Waals surface area (Å²) >= 11 is 5.68. The predicted octanol–water partition coefficient (Wildman–Crippen LogP) is 1.93. The Balaban J connectivity index is 2.23. The van der Waals surface area contributed by atoms with Crippen LogP contribution in [0.1, 0.15) is 10.4 Å². The zero-order chi connectivity index (χ0) is 16.1. The summed E-state index contributed by atoms with van der Waals surface area (Å²) in [6.07, 6.45) is 0. The number of benzene rings is 1. The fourth-order valence-electron chi connectivity index (χ4n) is 1.83. The number of carbonyl (C=O) groups excluding carboxylic acids is 1. The maximum atomic E-state index is 12.5. The number of anilines is 1. The average molecular weight is 323 g/mol. The Morgan fingerprint density at radius 2 is 1.77 bits per heavy atom. The Labute approximate surface area is 132 Å². The second kappa shape index (κ2) is 6.95. The van der Waals surface area contributed by atoms with Gasteiger partial charge in [0.2, 0.25) is 0 Å². The molecule has 1 heterocycles. The zero-order valence-corrected chi connectivity index (χ0v) is 13.1. The summed E-state index contributed by atoms with van der Waals surface area (Å²) in [5, 5.41) is 9.30. The van der Waals surface area contributed by atoms with Crippen molar-refractivity contribution in [2.24, 2.45) is 0 Å². The highest BCUT2D eigenvalue weighted by molar-refractivity contribution is 6.29. The van der Waals surface area contributed by atoms with Crippen molar-refractivity contribution < 1.29 is 14.3 Å². The second-order valence-corrected chi connectivity index (χ2v) is 4.64. The van der Waals surface area contributed by atoms with Crippen LogP contribution >= 0.6 is 11.6 Å². The van der Waals surface area contributed by atoms with Gasteiger partial charge in [0.25, 0.3) is 5.91 Å². The molecule has 0 bridgehead atoms. The smallest absolute Gasteiger partial charge is 0.277 e. The molecule has 1 aromatic heterocycles. The van der Waals surface area contributed by atoms with Gasteiger partial charge >= 0.3 is 0 Å². The highest BCUT2D eigenvalue weighted by Crippen LogP contribution is 2.28. The van der Waals surface area contributed by atoms with Crippen molar-refractivity contribution in [3.05, 3.63) is 41.0 Å². The maximum Gasteiger partial charge on any atom is 0.277 e. The summed E-state index contributed by atoms with van der Waals surface area (Å²) in [4.78, 5) is 12.5. The van der Waals surface area contributed by atoms with E-state index in [-0.39, 0.29) is 5.15 Å². The van der Waals surface area contributed by atoms with Gasteiger partial charge in [-0.1, -0.05) is 17.7 Å². The molecule has 0 spiro atoms. The van der Waals surface area contributed by atoms with Crippen molar-refractivity contribution in [2.75, 3.05) is 26.3 Å². The van der Waals surface area contributed by atoms with Gasteiger partial charge in [-0.05, 0) is 24.3 Å². The van der Waals surface area contributed by atoms with E-state index in [1.54, 1.807) is 37.4 Å². The third-order valence-electron chi connectivity index (χ3n) is 2.89. The lowest BCUT2D eigenvalue weighted by Crippen LogP contribution is -2.40. The topological polar surface area (TPSA) is 76.6 Å². The van der Waals surface area contributed by atoms with E-state index >= 15 is 0 Å². The standard InChI is InChI=1S/C14H15ClN4O3/c1-19(12-8-7-11(15)16-17-12)18-14(20)13-9(21-2)5-4-6-10(13)22-3/h4-8H,1-3H3,(H,18,20). The number of nitrogens with zero attached hydrogens (tertiary/aromatic N) is 3. The van der Waals surface area contributed by atoms with Crippen LogP contribution in [-0.4, -0.2) is 37.4 Å². The van der Waals surface area contributed by atoms with Gasteiger partial charge in [0.05, 0.1) is 14.2 Å². The molecule has 116 valence electrons. The molecule has 0 aliphatic rings. The molecule has 0 saturated heterocycles. The Bertz CT molecular complexity index is 641. The number of aromatic nitrogens is 2. The van der Waals surface area contributed by atoms with Crippen LogP contribution in [0, 0.1) is 0 Å². The summed E-state index contributed by atoms with van der Waals surface area (Å²) in [5.74, 6) is 0.861. The first kappa shape index (κ1) is 15.8. The Kier molecular flexibility index (Phi) is 5.00. The average Bonchev–Trinajstić information content (AvgIpc) is 2.54. The minimum absolute atomic E-state index is 0.273. The minimum Gasteiger partial charge on any atom is -0.496 e. The third kappa shape index (κ3) is 3.37. The molecule has 0 radical (unpaired) electrons. The molecular weight excluding hydrogens is 308 g/mol. The first-order valence-electron chi connectivity index (χ1n) is 6.31. The largest absolute Gasteiger partial charge is 0.496 e. The molecule has 0 unspecified atom stereocenters. The molecule has 2 rings (SSSR count). The lowest BCUT2D eigenvalue weighted by Gasteiger charge is -2.20. The molecule has 1 amide bonds. The highest BCUT2D eigenvalue weighted by Gasteiger charge is 2.19. The summed E-state index contributed by atoms with van der Waals surface area (Å²) in [6.45, 7) is 0. The number of carbonyl (C=O) groups is 1. The normalized spacial score (nSPS) is 10.0. The van der Waals surface area contributed by atoms with Gasteiger partial charge in [0.15, 0.2) is 11.0 Å². The van der Waals surface area contributed by atoms with Gasteiger partial charge in [0, 0.05) is 7.05 Å². The van der Waals surface area contributed by atoms with E-state index in [4.69, 9.17) is 21.1 Å². The van der Waals surface area contributed by atoms with Crippen molar-refractivity contribution in [2.45, 2.75) is 0 Å². The van der Waals surface area contributed by atoms with Crippen molar-refractivity contribution in [3.63, 3.8) is 0 Å². The first-order chi connectivity index (χ1) is 10.6. The van der Waals surface area contributed by atoms with Gasteiger partial charge in [-0.2, -0.15) is 0 Å². The van der Waals surface area contributed by atoms with E-state index in [0.29, 0.717) is 22.9 Å². The highest BCUT2D eigenvalue weighted by atomic mass is 35.5. The number of amides is 1. The molecular formula is C14H15ClN4O3. The minimum atomic E-state index is -0.395. The lowest BCUT2D eigenvalue weighted by atomic mass is 10.1. The Morgan fingerprint density at radius 3 is 2.27 bits per heavy atom. The monoisotopic (exact) mass is 322 g/mol. The van der Waals surface area contributed by atoms with Crippen molar-refractivity contribution in [1.82, 2.24) is 15.6 Å². The molecule has 8 heteroatoms. The molecule has 7 nitrogen and oxygen atoms in total. The number of hydrazine groups is 1. The number of ether oxygens (including phenoxy) is 2. The second-order valence-electron chi connectivity index (χ2n) is 4.25. The first-order valence-corrected chi connectivity index (χ1v) is 6.69. The summed E-state index contributed by atoms with van der Waals surface area (Å²) in [6, 6.07) is 8.31. The number of hydrogen-bond acceptors (Lipinski definition) is 6. The van der Waals surface area contributed by atoms with Crippen LogP contribution in [0.5, 0.6) is 11.5 Å². The number of hydrogen-bond donors (Lipinski definition) is 1. The van der Waals surface area contributed by atoms with Crippen LogP contribution in [0.2, 0.25) is 5.15 Å². The van der Waals surface area contributed by atoms with Crippen molar-refractivity contribution in [1.29, 1.82) is 0 Å². The summed E-state index contributed by atoms with van der Waals surface area (Å²) in [7, 11) is 4.61. The van der Waals surface area contributed by atoms with Crippen molar-refractivity contribution in [3.8, 4) is 11.5 Å². The lowest BCUT2D eigenvalue weighted by molar-refractivity contribution is 0.0945. The Morgan fingerprint density at radius 1 is 1.14 bits per heavy atom. The summed E-state index contributed by atoms with van der Waals surface area (Å²) in [5.41, 5.74) is 2.96. The molecule has 1 aromatic carbocycles. The van der Waals surface area contributed by atoms with Gasteiger partial charge in [0.1, 0.15) is 17.1 Å². The number of nitrogens with one attached hydrogen (secondary N) is 1. The van der Waals surface area contributed by atoms with Gasteiger partial charge in [-0.25, -0.2) is 0 Å². The van der Waals surface area contributed by atoms with Gasteiger partial charge in [-0.3, -0.25) is 15.2 Å². The maximum absolute atomic E-state index is 12.5. The van der Waals surface area contributed by atoms with Gasteiger partial charge < -0.3 is 9.47 Å². The fourth-order valence-corrected chi connectivity index (χ4v) is 1.93. The number of rotatable bonds is 5. The zero-order valence-electron chi connectivity index (χ0n) is 12.3. The van der Waals surface area contributed by atoms with Crippen LogP contribution in [0.3, 0.4) is 0 Å². The molecule has 0 aliphatic carbocycles. The van der Waals surface area contributed by atoms with Crippen LogP contribution in [0.25, 0.3) is 0 Å². The van der Waals surface area contributed by atoms with E-state index in [2.05, 4.69) is 15.6 Å². The molecule has 1 N–H and O–H groups in total. The van der Waals surface area contributed by atoms with Crippen LogP contribution in [0.4, 0.5) is 5.82 Å². The van der Waals surface area contributed by atoms with Gasteiger partial charge in [-0.15, -0.1) is 10.2 Å². The number of halogens is 1. The molecule has 0 saturated carbocycles. The Hall–Kier alpha value is -2.54. The van der Waals surface area contributed by atoms with E-state index < -0.39 is 5.91 Å². The van der Waals surface area contributed by atoms with Crippen molar-refractivity contribution >= 4 is 23.3 Å². The van der Waals surface area contributed by atoms with E-state index in [9.17, 15) is 4.79 Å². The summed E-state index contributed by atoms with van der Waals surface area (Å²) < 4.78 is 10.4. The third-order valence-corrected chi connectivity index (χ3v) is 3.09. The molecule has 0 atom stereocenters. The van der Waals surface area contributed by atoms with E-state index in [1.165, 1.54) is 19.2 Å². The molecule has 2 aromatic rings. The SMILES string of the molecule is COc1cccc(OC)c1C(=O)NN(C)c1ccc(Cl)nn1. The van der Waals surface area contributed by atoms with Crippen LogP contribution < -0.4 is 19.9 Å². The molecule has 22 heavy (non-hydrogen) atoms.